The molecule has 1 heterocycles. The van der Waals surface area contributed by atoms with Crippen molar-refractivity contribution in [2.75, 3.05) is 40.8 Å². The highest BCUT2D eigenvalue weighted by Crippen LogP contribution is 2.24. The third-order valence-electron chi connectivity index (χ3n) is 4.00. The van der Waals surface area contributed by atoms with Crippen LogP contribution in [0.5, 0.6) is 5.75 Å². The van der Waals surface area contributed by atoms with Crippen molar-refractivity contribution >= 4 is 0 Å². The Bertz CT molecular complexity index is 397. The van der Waals surface area contributed by atoms with Gasteiger partial charge in [-0.05, 0) is 38.2 Å². The fourth-order valence-electron chi connectivity index (χ4n) is 2.68. The Kier molecular flexibility index (Phi) is 5.19. The van der Waals surface area contributed by atoms with E-state index in [-0.39, 0.29) is 0 Å². The van der Waals surface area contributed by atoms with Crippen LogP contribution in [0.15, 0.2) is 24.3 Å². The number of ether oxygens (including phenoxy) is 1. The number of rotatable bonds is 5. The molecule has 1 aromatic carbocycles. The molecule has 2 N–H and O–H groups in total. The van der Waals surface area contributed by atoms with E-state index in [0.29, 0.717) is 12.1 Å². The standard InChI is InChI=1S/C15H25N3O/c1-16-15(10-13-11-17-7-8-18(13)2)12-5-4-6-14(9-12)19-3/h4-6,9,13,15-17H,7-8,10-11H2,1-3H3. The molecule has 1 aliphatic heterocycles. The summed E-state index contributed by atoms with van der Waals surface area (Å²) in [6.07, 6.45) is 1.10. The molecule has 19 heavy (non-hydrogen) atoms. The maximum Gasteiger partial charge on any atom is 0.119 e. The van der Waals surface area contributed by atoms with Gasteiger partial charge in [-0.2, -0.15) is 0 Å². The first kappa shape index (κ1) is 14.3. The zero-order valence-corrected chi connectivity index (χ0v) is 12.1. The summed E-state index contributed by atoms with van der Waals surface area (Å²) in [5.41, 5.74) is 1.29. The van der Waals surface area contributed by atoms with E-state index in [2.05, 4.69) is 40.8 Å². The van der Waals surface area contributed by atoms with Gasteiger partial charge < -0.3 is 20.3 Å². The molecular formula is C15H25N3O. The monoisotopic (exact) mass is 263 g/mol. The lowest BCUT2D eigenvalue weighted by molar-refractivity contribution is 0.178. The second-order valence-electron chi connectivity index (χ2n) is 5.19. The molecule has 0 saturated carbocycles. The van der Waals surface area contributed by atoms with Gasteiger partial charge in [0, 0.05) is 31.7 Å². The van der Waals surface area contributed by atoms with E-state index in [1.165, 1.54) is 5.56 Å². The number of benzene rings is 1. The molecule has 2 unspecified atom stereocenters. The average molecular weight is 263 g/mol. The number of nitrogens with zero attached hydrogens (tertiary/aromatic N) is 1. The van der Waals surface area contributed by atoms with Gasteiger partial charge in [0.1, 0.15) is 5.75 Å². The zero-order valence-electron chi connectivity index (χ0n) is 12.1. The first-order valence-electron chi connectivity index (χ1n) is 6.96. The molecule has 1 saturated heterocycles. The molecule has 106 valence electrons. The number of methoxy groups -OCH3 is 1. The van der Waals surface area contributed by atoms with Crippen LogP contribution in [0.3, 0.4) is 0 Å². The lowest BCUT2D eigenvalue weighted by Gasteiger charge is -2.35. The van der Waals surface area contributed by atoms with E-state index >= 15 is 0 Å². The van der Waals surface area contributed by atoms with Crippen molar-refractivity contribution in [3.63, 3.8) is 0 Å². The highest BCUT2D eigenvalue weighted by atomic mass is 16.5. The van der Waals surface area contributed by atoms with Crippen LogP contribution in [-0.2, 0) is 0 Å². The molecule has 1 fully saturated rings. The number of nitrogens with one attached hydrogen (secondary N) is 2. The lowest BCUT2D eigenvalue weighted by atomic mass is 9.97. The molecular weight excluding hydrogens is 238 g/mol. The van der Waals surface area contributed by atoms with Crippen molar-refractivity contribution in [3.05, 3.63) is 29.8 Å². The van der Waals surface area contributed by atoms with Crippen LogP contribution in [-0.4, -0.2) is 51.8 Å². The van der Waals surface area contributed by atoms with Crippen molar-refractivity contribution in [2.45, 2.75) is 18.5 Å². The second-order valence-corrected chi connectivity index (χ2v) is 5.19. The first-order valence-corrected chi connectivity index (χ1v) is 6.96. The highest BCUT2D eigenvalue weighted by molar-refractivity contribution is 5.30. The topological polar surface area (TPSA) is 36.5 Å². The van der Waals surface area contributed by atoms with Gasteiger partial charge in [-0.1, -0.05) is 12.1 Å². The third-order valence-corrected chi connectivity index (χ3v) is 4.00. The van der Waals surface area contributed by atoms with Crippen LogP contribution in [0.25, 0.3) is 0 Å². The molecule has 1 aromatic rings. The fraction of sp³-hybridized carbons (Fsp3) is 0.600. The molecule has 4 heteroatoms. The highest BCUT2D eigenvalue weighted by Gasteiger charge is 2.22. The summed E-state index contributed by atoms with van der Waals surface area (Å²) in [5.74, 6) is 0.924. The fourth-order valence-corrected chi connectivity index (χ4v) is 2.68. The number of hydrogen-bond donors (Lipinski definition) is 2. The van der Waals surface area contributed by atoms with E-state index in [0.717, 1.165) is 31.8 Å². The summed E-state index contributed by atoms with van der Waals surface area (Å²) in [6, 6.07) is 9.28. The van der Waals surface area contributed by atoms with Gasteiger partial charge in [0.05, 0.1) is 7.11 Å². The van der Waals surface area contributed by atoms with Crippen molar-refractivity contribution in [1.29, 1.82) is 0 Å². The maximum absolute atomic E-state index is 5.31. The summed E-state index contributed by atoms with van der Waals surface area (Å²) in [5, 5.41) is 6.90. The predicted molar refractivity (Wildman–Crippen MR) is 78.7 cm³/mol. The zero-order chi connectivity index (χ0) is 13.7. The number of likely N-dealkylation sites (N-methyl/N-ethyl adjacent to an activating group) is 1. The van der Waals surface area contributed by atoms with Gasteiger partial charge in [-0.3, -0.25) is 0 Å². The molecule has 0 aromatic heterocycles. The minimum atomic E-state index is 0.363. The Morgan fingerprint density at radius 2 is 2.37 bits per heavy atom. The Hall–Kier alpha value is -1.10. The summed E-state index contributed by atoms with van der Waals surface area (Å²) >= 11 is 0. The van der Waals surface area contributed by atoms with Crippen LogP contribution in [0.4, 0.5) is 0 Å². The normalized spacial score (nSPS) is 22.2. The lowest BCUT2D eigenvalue weighted by Crippen LogP contribution is -2.50. The molecule has 4 nitrogen and oxygen atoms in total. The Morgan fingerprint density at radius 1 is 1.53 bits per heavy atom. The van der Waals surface area contributed by atoms with Gasteiger partial charge in [0.25, 0.3) is 0 Å². The molecule has 2 rings (SSSR count). The molecule has 0 bridgehead atoms. The quantitative estimate of drug-likeness (QED) is 0.838. The molecule has 1 aliphatic rings. The summed E-state index contributed by atoms with van der Waals surface area (Å²) in [6.45, 7) is 3.29. The van der Waals surface area contributed by atoms with Gasteiger partial charge in [-0.25, -0.2) is 0 Å². The smallest absolute Gasteiger partial charge is 0.119 e. The van der Waals surface area contributed by atoms with Crippen molar-refractivity contribution in [3.8, 4) is 5.75 Å². The summed E-state index contributed by atoms with van der Waals surface area (Å²) in [7, 11) is 5.95. The van der Waals surface area contributed by atoms with Crippen LogP contribution in [0.1, 0.15) is 18.0 Å². The molecule has 0 aliphatic carbocycles. The van der Waals surface area contributed by atoms with Crippen molar-refractivity contribution < 1.29 is 4.74 Å². The van der Waals surface area contributed by atoms with Gasteiger partial charge >= 0.3 is 0 Å². The third kappa shape index (κ3) is 3.69. The number of piperazine rings is 1. The van der Waals surface area contributed by atoms with Crippen LogP contribution in [0, 0.1) is 0 Å². The molecule has 0 spiro atoms. The van der Waals surface area contributed by atoms with Crippen LogP contribution >= 0.6 is 0 Å². The first-order chi connectivity index (χ1) is 9.24. The molecule has 2 atom stereocenters. The van der Waals surface area contributed by atoms with E-state index in [1.54, 1.807) is 7.11 Å². The second kappa shape index (κ2) is 6.89. The Morgan fingerprint density at radius 3 is 3.05 bits per heavy atom. The minimum absolute atomic E-state index is 0.363. The molecule has 0 amide bonds. The van der Waals surface area contributed by atoms with Crippen LogP contribution < -0.4 is 15.4 Å². The largest absolute Gasteiger partial charge is 0.497 e. The van der Waals surface area contributed by atoms with Gasteiger partial charge in [0.15, 0.2) is 0 Å². The van der Waals surface area contributed by atoms with Crippen molar-refractivity contribution in [2.24, 2.45) is 0 Å². The van der Waals surface area contributed by atoms with Gasteiger partial charge in [-0.15, -0.1) is 0 Å². The summed E-state index contributed by atoms with van der Waals surface area (Å²) in [4.78, 5) is 2.45. The molecule has 0 radical (unpaired) electrons. The van der Waals surface area contributed by atoms with E-state index in [4.69, 9.17) is 4.74 Å². The Balaban J connectivity index is 2.06. The predicted octanol–water partition coefficient (Wildman–Crippen LogP) is 1.25. The minimum Gasteiger partial charge on any atom is -0.497 e. The maximum atomic E-state index is 5.31. The van der Waals surface area contributed by atoms with E-state index in [1.807, 2.05) is 13.1 Å². The van der Waals surface area contributed by atoms with Crippen molar-refractivity contribution in [1.82, 2.24) is 15.5 Å². The van der Waals surface area contributed by atoms with Crippen LogP contribution in [0.2, 0.25) is 0 Å². The Labute approximate surface area is 116 Å². The van der Waals surface area contributed by atoms with E-state index < -0.39 is 0 Å². The van der Waals surface area contributed by atoms with E-state index in [9.17, 15) is 0 Å². The average Bonchev–Trinajstić information content (AvgIpc) is 2.46. The van der Waals surface area contributed by atoms with Gasteiger partial charge in [0.2, 0.25) is 0 Å². The SMILES string of the molecule is CNC(CC1CNCCN1C)c1cccc(OC)c1. The summed E-state index contributed by atoms with van der Waals surface area (Å²) < 4.78 is 5.31. The number of hydrogen-bond acceptors (Lipinski definition) is 4.